The van der Waals surface area contributed by atoms with Crippen LogP contribution in [0.3, 0.4) is 0 Å². The standard InChI is InChI=1S/C21H30N2O5/c1-6-13(2)17(19(25)26)22-18(24)16-11-14-9-7-8-10-15(14)12-23(16)20(27)28-21(3,4)5/h7-10,13,16-17H,6,11-12H2,1-5H3,(H,22,24)(H,25,26). The lowest BCUT2D eigenvalue weighted by molar-refractivity contribution is -0.144. The van der Waals surface area contributed by atoms with Gasteiger partial charge >= 0.3 is 12.1 Å². The van der Waals surface area contributed by atoms with Gasteiger partial charge in [-0.15, -0.1) is 0 Å². The zero-order valence-electron chi connectivity index (χ0n) is 17.2. The first-order valence-electron chi connectivity index (χ1n) is 9.63. The molecule has 0 aromatic heterocycles. The third kappa shape index (κ3) is 5.24. The minimum absolute atomic E-state index is 0.229. The SMILES string of the molecule is CCC(C)C(NC(=O)C1Cc2ccccc2CN1C(=O)OC(C)(C)C)C(=O)O. The Bertz CT molecular complexity index is 741. The molecule has 1 heterocycles. The van der Waals surface area contributed by atoms with E-state index in [1.807, 2.05) is 31.2 Å². The quantitative estimate of drug-likeness (QED) is 0.806. The first kappa shape index (κ1) is 21.7. The summed E-state index contributed by atoms with van der Waals surface area (Å²) in [6.07, 6.45) is 0.340. The van der Waals surface area contributed by atoms with E-state index in [-0.39, 0.29) is 12.5 Å². The van der Waals surface area contributed by atoms with Gasteiger partial charge in [0.05, 0.1) is 6.54 Å². The van der Waals surface area contributed by atoms with Gasteiger partial charge in [0, 0.05) is 6.42 Å². The summed E-state index contributed by atoms with van der Waals surface area (Å²) in [5, 5.41) is 12.1. The van der Waals surface area contributed by atoms with Gasteiger partial charge in [-0.1, -0.05) is 44.5 Å². The number of ether oxygens (including phenoxy) is 1. The summed E-state index contributed by atoms with van der Waals surface area (Å²) in [5.74, 6) is -1.79. The van der Waals surface area contributed by atoms with Crippen LogP contribution in [-0.2, 0) is 27.3 Å². The van der Waals surface area contributed by atoms with Gasteiger partial charge in [-0.05, 0) is 37.8 Å². The Morgan fingerprint density at radius 1 is 1.25 bits per heavy atom. The summed E-state index contributed by atoms with van der Waals surface area (Å²) in [6, 6.07) is 5.78. The molecule has 0 saturated carbocycles. The lowest BCUT2D eigenvalue weighted by Gasteiger charge is -2.37. The zero-order chi connectivity index (χ0) is 21.1. The summed E-state index contributed by atoms with van der Waals surface area (Å²) in [5.41, 5.74) is 1.22. The van der Waals surface area contributed by atoms with E-state index in [9.17, 15) is 19.5 Å². The molecule has 7 nitrogen and oxygen atoms in total. The van der Waals surface area contributed by atoms with Crippen molar-refractivity contribution in [3.05, 3.63) is 35.4 Å². The molecule has 154 valence electrons. The van der Waals surface area contributed by atoms with Gasteiger partial charge in [-0.3, -0.25) is 9.69 Å². The molecule has 0 aliphatic carbocycles. The largest absolute Gasteiger partial charge is 0.480 e. The molecule has 1 aromatic carbocycles. The number of carbonyl (C=O) groups is 3. The second kappa shape index (κ2) is 8.63. The van der Waals surface area contributed by atoms with Crippen LogP contribution in [0.15, 0.2) is 24.3 Å². The highest BCUT2D eigenvalue weighted by molar-refractivity contribution is 5.90. The number of hydrogen-bond donors (Lipinski definition) is 2. The average Bonchev–Trinajstić information content (AvgIpc) is 2.62. The molecule has 2 rings (SSSR count). The van der Waals surface area contributed by atoms with Gasteiger partial charge in [0.2, 0.25) is 5.91 Å². The third-order valence-corrected chi connectivity index (χ3v) is 4.96. The zero-order valence-corrected chi connectivity index (χ0v) is 17.2. The fourth-order valence-corrected chi connectivity index (χ4v) is 3.20. The molecule has 0 radical (unpaired) electrons. The van der Waals surface area contributed by atoms with Crippen LogP contribution in [-0.4, -0.2) is 45.7 Å². The molecule has 1 aliphatic heterocycles. The Kier molecular flexibility index (Phi) is 6.69. The fourth-order valence-electron chi connectivity index (χ4n) is 3.20. The van der Waals surface area contributed by atoms with Crippen molar-refractivity contribution in [2.45, 2.75) is 71.7 Å². The van der Waals surface area contributed by atoms with E-state index in [1.165, 1.54) is 4.90 Å². The molecule has 3 atom stereocenters. The van der Waals surface area contributed by atoms with E-state index >= 15 is 0 Å². The summed E-state index contributed by atoms with van der Waals surface area (Å²) in [7, 11) is 0. The van der Waals surface area contributed by atoms with Crippen LogP contribution < -0.4 is 5.32 Å². The maximum absolute atomic E-state index is 13.0. The number of carboxylic acids is 1. The number of nitrogens with zero attached hydrogens (tertiary/aromatic N) is 1. The van der Waals surface area contributed by atoms with Crippen molar-refractivity contribution in [2.24, 2.45) is 5.92 Å². The molecular weight excluding hydrogens is 360 g/mol. The number of benzene rings is 1. The van der Waals surface area contributed by atoms with Gasteiger partial charge < -0.3 is 15.2 Å². The van der Waals surface area contributed by atoms with Crippen LogP contribution in [0.4, 0.5) is 4.79 Å². The number of carboxylic acid groups (broad SMARTS) is 1. The molecule has 2 N–H and O–H groups in total. The average molecular weight is 390 g/mol. The summed E-state index contributed by atoms with van der Waals surface area (Å²) in [4.78, 5) is 38.7. The lowest BCUT2D eigenvalue weighted by Crippen LogP contribution is -2.57. The Hall–Kier alpha value is -2.57. The molecule has 0 spiro atoms. The number of rotatable bonds is 5. The van der Waals surface area contributed by atoms with Gasteiger partial charge in [0.1, 0.15) is 17.7 Å². The second-order valence-corrected chi connectivity index (χ2v) is 8.31. The highest BCUT2D eigenvalue weighted by Crippen LogP contribution is 2.26. The number of carbonyl (C=O) groups excluding carboxylic acids is 2. The smallest absolute Gasteiger partial charge is 0.411 e. The molecule has 0 bridgehead atoms. The van der Waals surface area contributed by atoms with E-state index in [1.54, 1.807) is 27.7 Å². The molecule has 28 heavy (non-hydrogen) atoms. The first-order valence-corrected chi connectivity index (χ1v) is 9.63. The molecular formula is C21H30N2O5. The normalized spacial score (nSPS) is 18.6. The number of amides is 2. The lowest BCUT2D eigenvalue weighted by atomic mass is 9.93. The van der Waals surface area contributed by atoms with Crippen LogP contribution in [0.1, 0.15) is 52.2 Å². The predicted octanol–water partition coefficient (Wildman–Crippen LogP) is 2.96. The van der Waals surface area contributed by atoms with Gasteiger partial charge in [-0.2, -0.15) is 0 Å². The monoisotopic (exact) mass is 390 g/mol. The van der Waals surface area contributed by atoms with Crippen molar-refractivity contribution in [1.82, 2.24) is 10.2 Å². The Morgan fingerprint density at radius 3 is 2.39 bits per heavy atom. The van der Waals surface area contributed by atoms with E-state index in [4.69, 9.17) is 4.74 Å². The number of aliphatic carboxylic acids is 1. The van der Waals surface area contributed by atoms with Gasteiger partial charge in [0.15, 0.2) is 0 Å². The van der Waals surface area contributed by atoms with Crippen LogP contribution >= 0.6 is 0 Å². The summed E-state index contributed by atoms with van der Waals surface area (Å²) >= 11 is 0. The molecule has 0 saturated heterocycles. The minimum atomic E-state index is -1.08. The number of fused-ring (bicyclic) bond motifs is 1. The maximum atomic E-state index is 13.0. The van der Waals surface area contributed by atoms with E-state index in [2.05, 4.69) is 5.32 Å². The summed E-state index contributed by atoms with van der Waals surface area (Å²) in [6.45, 7) is 9.19. The third-order valence-electron chi connectivity index (χ3n) is 4.96. The summed E-state index contributed by atoms with van der Waals surface area (Å²) < 4.78 is 5.48. The molecule has 2 amide bonds. The molecule has 7 heteroatoms. The molecule has 1 aromatic rings. The maximum Gasteiger partial charge on any atom is 0.411 e. The van der Waals surface area contributed by atoms with Crippen LogP contribution in [0.25, 0.3) is 0 Å². The fraction of sp³-hybridized carbons (Fsp3) is 0.571. The Balaban J connectivity index is 2.29. The predicted molar refractivity (Wildman–Crippen MR) is 105 cm³/mol. The number of hydrogen-bond acceptors (Lipinski definition) is 4. The minimum Gasteiger partial charge on any atom is -0.480 e. The topological polar surface area (TPSA) is 95.9 Å². The van der Waals surface area contributed by atoms with Crippen molar-refractivity contribution in [3.8, 4) is 0 Å². The van der Waals surface area contributed by atoms with Crippen molar-refractivity contribution in [2.75, 3.05) is 0 Å². The van der Waals surface area contributed by atoms with Crippen molar-refractivity contribution in [3.63, 3.8) is 0 Å². The van der Waals surface area contributed by atoms with Crippen LogP contribution in [0, 0.1) is 5.92 Å². The van der Waals surface area contributed by atoms with Gasteiger partial charge in [-0.25, -0.2) is 9.59 Å². The van der Waals surface area contributed by atoms with Crippen molar-refractivity contribution < 1.29 is 24.2 Å². The van der Waals surface area contributed by atoms with Crippen LogP contribution in [0.5, 0.6) is 0 Å². The van der Waals surface area contributed by atoms with Crippen molar-refractivity contribution >= 4 is 18.0 Å². The molecule has 1 aliphatic rings. The van der Waals surface area contributed by atoms with E-state index in [0.29, 0.717) is 12.8 Å². The molecule has 0 fully saturated rings. The Morgan fingerprint density at radius 2 is 1.86 bits per heavy atom. The van der Waals surface area contributed by atoms with Crippen molar-refractivity contribution in [1.29, 1.82) is 0 Å². The number of nitrogens with one attached hydrogen (secondary N) is 1. The first-order chi connectivity index (χ1) is 13.0. The molecule has 3 unspecified atom stereocenters. The highest BCUT2D eigenvalue weighted by Gasteiger charge is 2.38. The Labute approximate surface area is 166 Å². The van der Waals surface area contributed by atoms with E-state index in [0.717, 1.165) is 11.1 Å². The van der Waals surface area contributed by atoms with Crippen LogP contribution in [0.2, 0.25) is 0 Å². The van der Waals surface area contributed by atoms with Gasteiger partial charge in [0.25, 0.3) is 0 Å². The highest BCUT2D eigenvalue weighted by atomic mass is 16.6. The van der Waals surface area contributed by atoms with E-state index < -0.39 is 35.7 Å². The second-order valence-electron chi connectivity index (χ2n) is 8.31.